The number of benzene rings is 2. The second-order valence-electron chi connectivity index (χ2n) is 5.88. The molecule has 0 spiro atoms. The van der Waals surface area contributed by atoms with Gasteiger partial charge in [-0.1, -0.05) is 15.9 Å². The molecule has 1 aliphatic rings. The zero-order valence-electron chi connectivity index (χ0n) is 13.4. The molecule has 1 aromatic heterocycles. The maximum atomic E-state index is 13.2. The molecule has 2 aromatic carbocycles. The summed E-state index contributed by atoms with van der Waals surface area (Å²) in [5.74, 6) is 1.32. The zero-order chi connectivity index (χ0) is 16.8. The van der Waals surface area contributed by atoms with Crippen molar-refractivity contribution in [1.82, 2.24) is 0 Å². The van der Waals surface area contributed by atoms with Gasteiger partial charge in [0.1, 0.15) is 17.1 Å². The molecule has 0 aliphatic carbocycles. The van der Waals surface area contributed by atoms with E-state index in [1.54, 1.807) is 7.11 Å². The van der Waals surface area contributed by atoms with Crippen LogP contribution < -0.4 is 9.64 Å². The molecule has 0 unspecified atom stereocenters. The number of rotatable bonds is 2. The summed E-state index contributed by atoms with van der Waals surface area (Å²) in [7, 11) is 1.62. The van der Waals surface area contributed by atoms with Gasteiger partial charge in [0.2, 0.25) is 0 Å². The Labute approximate surface area is 148 Å². The van der Waals surface area contributed by atoms with Crippen molar-refractivity contribution in [3.05, 3.63) is 57.8 Å². The fourth-order valence-electron chi connectivity index (χ4n) is 3.31. The smallest absolute Gasteiger partial charge is 0.262 e. The van der Waals surface area contributed by atoms with E-state index in [1.807, 2.05) is 42.2 Å². The first-order valence-electron chi connectivity index (χ1n) is 7.76. The molecule has 0 fully saturated rings. The van der Waals surface area contributed by atoms with Gasteiger partial charge >= 0.3 is 0 Å². The van der Waals surface area contributed by atoms with Crippen LogP contribution in [0, 0.1) is 6.92 Å². The van der Waals surface area contributed by atoms with Gasteiger partial charge in [0.05, 0.1) is 12.7 Å². The van der Waals surface area contributed by atoms with Crippen molar-refractivity contribution in [1.29, 1.82) is 0 Å². The summed E-state index contributed by atoms with van der Waals surface area (Å²) < 4.78 is 12.1. The Kier molecular flexibility index (Phi) is 3.61. The van der Waals surface area contributed by atoms with Gasteiger partial charge in [-0.05, 0) is 55.3 Å². The molecule has 0 bridgehead atoms. The number of amides is 1. The first kappa shape index (κ1) is 15.3. The summed E-state index contributed by atoms with van der Waals surface area (Å²) in [6.45, 7) is 2.51. The molecule has 1 aliphatic heterocycles. The van der Waals surface area contributed by atoms with Gasteiger partial charge in [0, 0.05) is 22.1 Å². The Morgan fingerprint density at radius 1 is 1.25 bits per heavy atom. The minimum absolute atomic E-state index is 0.0272. The lowest BCUT2D eigenvalue weighted by Gasteiger charge is -2.17. The van der Waals surface area contributed by atoms with Gasteiger partial charge in [-0.3, -0.25) is 4.79 Å². The molecular weight excluding hydrogens is 370 g/mol. The van der Waals surface area contributed by atoms with Crippen molar-refractivity contribution in [3.8, 4) is 5.75 Å². The largest absolute Gasteiger partial charge is 0.497 e. The molecule has 4 rings (SSSR count). The number of carbonyl (C=O) groups is 1. The van der Waals surface area contributed by atoms with E-state index in [4.69, 9.17) is 9.15 Å². The molecular formula is C19H16BrNO3. The average molecular weight is 386 g/mol. The third kappa shape index (κ3) is 2.31. The topological polar surface area (TPSA) is 42.7 Å². The quantitative estimate of drug-likeness (QED) is 0.641. The standard InChI is InChI=1S/C19H16BrNO3/c1-11-18(15-10-14(23-2)4-6-17(15)24-11)19(22)21-8-7-12-9-13(20)3-5-16(12)21/h3-6,9-10H,7-8H2,1-2H3. The highest BCUT2D eigenvalue weighted by Gasteiger charge is 2.29. The number of hydrogen-bond acceptors (Lipinski definition) is 3. The molecule has 3 aromatic rings. The van der Waals surface area contributed by atoms with Crippen LogP contribution in [0.25, 0.3) is 11.0 Å². The number of carbonyl (C=O) groups excluding carboxylic acids is 1. The lowest BCUT2D eigenvalue weighted by atomic mass is 10.1. The highest BCUT2D eigenvalue weighted by molar-refractivity contribution is 9.10. The second-order valence-corrected chi connectivity index (χ2v) is 6.79. The molecule has 24 heavy (non-hydrogen) atoms. The number of halogens is 1. The monoisotopic (exact) mass is 385 g/mol. The predicted molar refractivity (Wildman–Crippen MR) is 97.0 cm³/mol. The lowest BCUT2D eigenvalue weighted by molar-refractivity contribution is 0.0989. The van der Waals surface area contributed by atoms with Gasteiger partial charge in [-0.25, -0.2) is 0 Å². The minimum Gasteiger partial charge on any atom is -0.497 e. The Morgan fingerprint density at radius 3 is 2.88 bits per heavy atom. The van der Waals surface area contributed by atoms with E-state index in [0.717, 1.165) is 22.0 Å². The predicted octanol–water partition coefficient (Wildman–Crippen LogP) is 4.72. The fraction of sp³-hybridized carbons (Fsp3) is 0.211. The molecule has 0 saturated carbocycles. The number of ether oxygens (including phenoxy) is 1. The summed E-state index contributed by atoms with van der Waals surface area (Å²) in [6, 6.07) is 11.6. The van der Waals surface area contributed by atoms with Crippen LogP contribution >= 0.6 is 15.9 Å². The molecule has 0 N–H and O–H groups in total. The Morgan fingerprint density at radius 2 is 2.08 bits per heavy atom. The van der Waals surface area contributed by atoms with E-state index >= 15 is 0 Å². The summed E-state index contributed by atoms with van der Waals surface area (Å²) in [4.78, 5) is 15.0. The summed E-state index contributed by atoms with van der Waals surface area (Å²) in [6.07, 6.45) is 0.860. The second kappa shape index (κ2) is 5.67. The summed E-state index contributed by atoms with van der Waals surface area (Å²) >= 11 is 3.49. The van der Waals surface area contributed by atoms with Gasteiger partial charge in [0.25, 0.3) is 5.91 Å². The van der Waals surface area contributed by atoms with Crippen LogP contribution in [0.1, 0.15) is 21.7 Å². The number of nitrogens with zero attached hydrogens (tertiary/aromatic N) is 1. The summed E-state index contributed by atoms with van der Waals surface area (Å²) in [5, 5.41) is 0.794. The van der Waals surface area contributed by atoms with E-state index in [9.17, 15) is 4.79 Å². The molecule has 0 saturated heterocycles. The van der Waals surface area contributed by atoms with E-state index in [-0.39, 0.29) is 5.91 Å². The maximum absolute atomic E-state index is 13.2. The average Bonchev–Trinajstić information content (AvgIpc) is 3.13. The van der Waals surface area contributed by atoms with Crippen molar-refractivity contribution >= 4 is 38.5 Å². The SMILES string of the molecule is COc1ccc2oc(C)c(C(=O)N3CCc4cc(Br)ccc43)c2c1. The van der Waals surface area contributed by atoms with E-state index in [1.165, 1.54) is 5.56 Å². The van der Waals surface area contributed by atoms with Crippen LogP contribution in [0.2, 0.25) is 0 Å². The molecule has 0 radical (unpaired) electrons. The number of anilines is 1. The van der Waals surface area contributed by atoms with Crippen LogP contribution in [0.4, 0.5) is 5.69 Å². The lowest BCUT2D eigenvalue weighted by Crippen LogP contribution is -2.29. The molecule has 4 nitrogen and oxygen atoms in total. The number of hydrogen-bond donors (Lipinski definition) is 0. The molecule has 5 heteroatoms. The number of furan rings is 1. The highest BCUT2D eigenvalue weighted by Crippen LogP contribution is 2.35. The fourth-order valence-corrected chi connectivity index (χ4v) is 3.72. The molecule has 1 amide bonds. The van der Waals surface area contributed by atoms with E-state index in [0.29, 0.717) is 29.2 Å². The Hall–Kier alpha value is -2.27. The van der Waals surface area contributed by atoms with Gasteiger partial charge < -0.3 is 14.1 Å². The van der Waals surface area contributed by atoms with Crippen LogP contribution in [-0.4, -0.2) is 19.6 Å². The van der Waals surface area contributed by atoms with E-state index in [2.05, 4.69) is 22.0 Å². The van der Waals surface area contributed by atoms with Crippen molar-refractivity contribution in [2.75, 3.05) is 18.6 Å². The highest BCUT2D eigenvalue weighted by atomic mass is 79.9. The normalized spacial score (nSPS) is 13.4. The van der Waals surface area contributed by atoms with Crippen molar-refractivity contribution in [2.24, 2.45) is 0 Å². The molecule has 2 heterocycles. The number of fused-ring (bicyclic) bond motifs is 2. The molecule has 0 atom stereocenters. The van der Waals surface area contributed by atoms with E-state index < -0.39 is 0 Å². The maximum Gasteiger partial charge on any atom is 0.262 e. The van der Waals surface area contributed by atoms with Gasteiger partial charge in [0.15, 0.2) is 0 Å². The van der Waals surface area contributed by atoms with Crippen LogP contribution in [-0.2, 0) is 6.42 Å². The van der Waals surface area contributed by atoms with Gasteiger partial charge in [-0.2, -0.15) is 0 Å². The van der Waals surface area contributed by atoms with Crippen molar-refractivity contribution < 1.29 is 13.9 Å². The molecule has 122 valence electrons. The van der Waals surface area contributed by atoms with Crippen LogP contribution in [0.3, 0.4) is 0 Å². The van der Waals surface area contributed by atoms with Crippen molar-refractivity contribution in [3.63, 3.8) is 0 Å². The minimum atomic E-state index is -0.0272. The van der Waals surface area contributed by atoms with Crippen molar-refractivity contribution in [2.45, 2.75) is 13.3 Å². The first-order valence-corrected chi connectivity index (χ1v) is 8.55. The third-order valence-electron chi connectivity index (χ3n) is 4.47. The zero-order valence-corrected chi connectivity index (χ0v) is 15.0. The summed E-state index contributed by atoms with van der Waals surface area (Å²) in [5.41, 5.74) is 3.46. The Balaban J connectivity index is 1.81. The van der Waals surface area contributed by atoms with Crippen LogP contribution in [0.15, 0.2) is 45.3 Å². The number of aryl methyl sites for hydroxylation is 1. The third-order valence-corrected chi connectivity index (χ3v) is 4.96. The Bertz CT molecular complexity index is 961. The van der Waals surface area contributed by atoms with Gasteiger partial charge in [-0.15, -0.1) is 0 Å². The van der Waals surface area contributed by atoms with Crippen LogP contribution in [0.5, 0.6) is 5.75 Å². The number of methoxy groups -OCH3 is 1. The first-order chi connectivity index (χ1) is 11.6.